The van der Waals surface area contributed by atoms with E-state index in [1.807, 2.05) is 19.1 Å². The first-order chi connectivity index (χ1) is 14.5. The highest BCUT2D eigenvalue weighted by Gasteiger charge is 2.26. The van der Waals surface area contributed by atoms with Crippen LogP contribution in [0.25, 0.3) is 0 Å². The van der Waals surface area contributed by atoms with E-state index in [1.54, 1.807) is 24.3 Å². The van der Waals surface area contributed by atoms with Gasteiger partial charge in [0.2, 0.25) is 0 Å². The second kappa shape index (κ2) is 12.4. The van der Waals surface area contributed by atoms with E-state index in [0.717, 1.165) is 5.56 Å². The Morgan fingerprint density at radius 2 is 1.37 bits per heavy atom. The van der Waals surface area contributed by atoms with Crippen LogP contribution in [0.4, 0.5) is 0 Å². The number of benzene rings is 2. The van der Waals surface area contributed by atoms with Crippen molar-refractivity contribution in [2.24, 2.45) is 5.92 Å². The van der Waals surface area contributed by atoms with Crippen LogP contribution in [0, 0.1) is 5.92 Å². The second-order valence-electron chi connectivity index (χ2n) is 6.54. The summed E-state index contributed by atoms with van der Waals surface area (Å²) < 4.78 is 31.8. The van der Waals surface area contributed by atoms with Gasteiger partial charge in [-0.25, -0.2) is 0 Å². The lowest BCUT2D eigenvalue weighted by Gasteiger charge is -2.19. The zero-order valence-corrected chi connectivity index (χ0v) is 18.4. The Kier molecular flexibility index (Phi) is 9.89. The van der Waals surface area contributed by atoms with Gasteiger partial charge in [0.15, 0.2) is 26.2 Å². The maximum absolute atomic E-state index is 13.4. The summed E-state index contributed by atoms with van der Waals surface area (Å²) in [6.45, 7) is 1.81. The van der Waals surface area contributed by atoms with Gasteiger partial charge in [-0.1, -0.05) is 30.7 Å². The topological polar surface area (TPSA) is 72.5 Å². The van der Waals surface area contributed by atoms with Crippen molar-refractivity contribution in [3.63, 3.8) is 0 Å². The molecule has 8 heteroatoms. The molecule has 2 aromatic carbocycles. The molecule has 0 radical (unpaired) electrons. The average Bonchev–Trinajstić information content (AvgIpc) is 2.75. The molecule has 1 unspecified atom stereocenters. The van der Waals surface area contributed by atoms with Gasteiger partial charge in [0.25, 0.3) is 0 Å². The lowest BCUT2D eigenvalue weighted by atomic mass is 9.92. The SMILES string of the molecule is COCOc1cc(OCOC)c(C(=O)C(C)Cc2ccc(Cl)cc2)c(OCOC)c1. The zero-order valence-electron chi connectivity index (χ0n) is 17.6. The Hall–Kier alpha value is -2.32. The highest BCUT2D eigenvalue weighted by Crippen LogP contribution is 2.37. The monoisotopic (exact) mass is 438 g/mol. The first-order valence-corrected chi connectivity index (χ1v) is 9.69. The molecule has 2 aromatic rings. The first-order valence-electron chi connectivity index (χ1n) is 9.32. The molecule has 0 amide bonds. The van der Waals surface area contributed by atoms with Crippen molar-refractivity contribution in [1.82, 2.24) is 0 Å². The summed E-state index contributed by atoms with van der Waals surface area (Å²) in [6, 6.07) is 10.6. The largest absolute Gasteiger partial charge is 0.467 e. The molecule has 0 aliphatic carbocycles. The van der Waals surface area contributed by atoms with Gasteiger partial charge in [0.05, 0.1) is 0 Å². The van der Waals surface area contributed by atoms with E-state index < -0.39 is 0 Å². The van der Waals surface area contributed by atoms with Gasteiger partial charge in [-0.15, -0.1) is 0 Å². The Morgan fingerprint density at radius 3 is 1.87 bits per heavy atom. The smallest absolute Gasteiger partial charge is 0.188 e. The third-order valence-corrected chi connectivity index (χ3v) is 4.45. The van der Waals surface area contributed by atoms with Gasteiger partial charge in [-0.3, -0.25) is 4.79 Å². The summed E-state index contributed by atoms with van der Waals surface area (Å²) in [5.74, 6) is 0.539. The number of ketones is 1. The predicted octanol–water partition coefficient (Wildman–Crippen LogP) is 4.35. The third-order valence-electron chi connectivity index (χ3n) is 4.20. The van der Waals surface area contributed by atoms with Crippen molar-refractivity contribution in [1.29, 1.82) is 0 Å². The molecule has 0 spiro atoms. The van der Waals surface area contributed by atoms with Gasteiger partial charge in [0.1, 0.15) is 22.8 Å². The molecule has 1 atom stereocenters. The van der Waals surface area contributed by atoms with Crippen LogP contribution < -0.4 is 14.2 Å². The van der Waals surface area contributed by atoms with E-state index in [4.69, 9.17) is 40.0 Å². The van der Waals surface area contributed by atoms with Crippen molar-refractivity contribution < 1.29 is 33.2 Å². The van der Waals surface area contributed by atoms with Crippen LogP contribution in [0.1, 0.15) is 22.8 Å². The van der Waals surface area contributed by atoms with Gasteiger partial charge in [-0.2, -0.15) is 0 Å². The molecule has 0 aliphatic rings. The maximum atomic E-state index is 13.4. The van der Waals surface area contributed by atoms with E-state index in [-0.39, 0.29) is 32.1 Å². The number of halogens is 1. The van der Waals surface area contributed by atoms with E-state index in [9.17, 15) is 4.79 Å². The standard InChI is InChI=1S/C22H27ClO7/c1-15(9-16-5-7-17(23)8-6-16)22(24)21-19(29-13-26-3)10-18(28-12-25-2)11-20(21)30-14-27-4/h5-8,10-11,15H,9,12-14H2,1-4H3. The van der Waals surface area contributed by atoms with Gasteiger partial charge in [-0.05, 0) is 24.1 Å². The van der Waals surface area contributed by atoms with E-state index in [1.165, 1.54) is 21.3 Å². The third kappa shape index (κ3) is 6.88. The summed E-state index contributed by atoms with van der Waals surface area (Å²) in [7, 11) is 4.51. The fourth-order valence-corrected chi connectivity index (χ4v) is 2.93. The molecule has 0 aliphatic heterocycles. The van der Waals surface area contributed by atoms with Gasteiger partial charge < -0.3 is 28.4 Å². The maximum Gasteiger partial charge on any atom is 0.188 e. The summed E-state index contributed by atoms with van der Waals surface area (Å²) in [5.41, 5.74) is 1.30. The van der Waals surface area contributed by atoms with E-state index >= 15 is 0 Å². The van der Waals surface area contributed by atoms with Crippen LogP contribution in [0.2, 0.25) is 5.02 Å². The molecule has 7 nitrogen and oxygen atoms in total. The van der Waals surface area contributed by atoms with Crippen LogP contribution >= 0.6 is 11.6 Å². The lowest BCUT2D eigenvalue weighted by molar-refractivity contribution is 0.0396. The fraction of sp³-hybridized carbons (Fsp3) is 0.409. The molecule has 0 aromatic heterocycles. The highest BCUT2D eigenvalue weighted by molar-refractivity contribution is 6.30. The molecule has 0 fully saturated rings. The Morgan fingerprint density at radius 1 is 0.867 bits per heavy atom. The molecule has 30 heavy (non-hydrogen) atoms. The number of Topliss-reactive ketones (excluding diaryl/α,β-unsaturated/α-hetero) is 1. The van der Waals surface area contributed by atoms with Crippen molar-refractivity contribution >= 4 is 17.4 Å². The van der Waals surface area contributed by atoms with E-state index in [2.05, 4.69) is 0 Å². The molecule has 0 heterocycles. The Labute approximate surface area is 181 Å². The van der Waals surface area contributed by atoms with Crippen molar-refractivity contribution in [3.8, 4) is 17.2 Å². The fourth-order valence-electron chi connectivity index (χ4n) is 2.80. The summed E-state index contributed by atoms with van der Waals surface area (Å²) in [4.78, 5) is 13.4. The number of carbonyl (C=O) groups excluding carboxylic acids is 1. The minimum absolute atomic E-state index is 0.0354. The molecular formula is C22H27ClO7. The van der Waals surface area contributed by atoms with Crippen LogP contribution in [0.3, 0.4) is 0 Å². The number of rotatable bonds is 13. The van der Waals surface area contributed by atoms with Crippen LogP contribution in [0.15, 0.2) is 36.4 Å². The summed E-state index contributed by atoms with van der Waals surface area (Å²) in [6.07, 6.45) is 0.533. The number of methoxy groups -OCH3 is 3. The molecule has 0 saturated carbocycles. The van der Waals surface area contributed by atoms with Crippen molar-refractivity contribution in [3.05, 3.63) is 52.5 Å². The quantitative estimate of drug-likeness (QED) is 0.340. The van der Waals surface area contributed by atoms with Crippen molar-refractivity contribution in [2.75, 3.05) is 41.7 Å². The number of carbonyl (C=O) groups is 1. The minimum atomic E-state index is -0.341. The first kappa shape index (κ1) is 24.0. The Bertz CT molecular complexity index is 779. The molecular weight excluding hydrogens is 412 g/mol. The van der Waals surface area contributed by atoms with E-state index in [0.29, 0.717) is 34.3 Å². The summed E-state index contributed by atoms with van der Waals surface area (Å²) >= 11 is 5.95. The number of ether oxygens (including phenoxy) is 6. The van der Waals surface area contributed by atoms with Crippen LogP contribution in [-0.4, -0.2) is 47.5 Å². The van der Waals surface area contributed by atoms with Gasteiger partial charge >= 0.3 is 0 Å². The predicted molar refractivity (Wildman–Crippen MR) is 113 cm³/mol. The molecule has 0 bridgehead atoms. The van der Waals surface area contributed by atoms with Crippen LogP contribution in [-0.2, 0) is 20.6 Å². The van der Waals surface area contributed by atoms with Gasteiger partial charge in [0, 0.05) is 44.4 Å². The van der Waals surface area contributed by atoms with Crippen LogP contribution in [0.5, 0.6) is 17.2 Å². The molecule has 0 saturated heterocycles. The molecule has 164 valence electrons. The highest BCUT2D eigenvalue weighted by atomic mass is 35.5. The molecule has 0 N–H and O–H groups in total. The summed E-state index contributed by atoms with van der Waals surface area (Å²) in [5, 5.41) is 0.648. The normalized spacial score (nSPS) is 11.8. The minimum Gasteiger partial charge on any atom is -0.467 e. The number of hydrogen-bond donors (Lipinski definition) is 0. The Balaban J connectivity index is 2.38. The zero-order chi connectivity index (χ0) is 21.9. The number of hydrogen-bond acceptors (Lipinski definition) is 7. The molecule has 2 rings (SSSR count). The average molecular weight is 439 g/mol. The second-order valence-corrected chi connectivity index (χ2v) is 6.98. The lowest BCUT2D eigenvalue weighted by Crippen LogP contribution is -2.18. The van der Waals surface area contributed by atoms with Crippen molar-refractivity contribution in [2.45, 2.75) is 13.3 Å².